The monoisotopic (exact) mass is 206 g/mol. The topological polar surface area (TPSA) is 26.3 Å². The summed E-state index contributed by atoms with van der Waals surface area (Å²) >= 11 is 3.19. The molecule has 58 valence electrons. The van der Waals surface area contributed by atoms with Crippen LogP contribution in [0.4, 0.5) is 0 Å². The van der Waals surface area contributed by atoms with E-state index >= 15 is 0 Å². The van der Waals surface area contributed by atoms with E-state index in [1.807, 2.05) is 6.92 Å². The molecule has 0 bridgehead atoms. The largest absolute Gasteiger partial charge is 0.464 e. The molecule has 0 N–H and O–H groups in total. The number of rotatable bonds is 3. The fourth-order valence-electron chi connectivity index (χ4n) is 0.697. The van der Waals surface area contributed by atoms with E-state index in [9.17, 15) is 4.79 Å². The smallest absolute Gasteiger partial charge is 0.311 e. The standard InChI is InChI=1S/C7H11BrO2/c1-7(2-3-7)6(9)10-5-4-8/h2-5H2,1H3. The zero-order valence-corrected chi connectivity index (χ0v) is 7.61. The summed E-state index contributed by atoms with van der Waals surface area (Å²) in [5.41, 5.74) is -0.123. The van der Waals surface area contributed by atoms with E-state index in [0.717, 1.165) is 18.2 Å². The Morgan fingerprint density at radius 1 is 1.70 bits per heavy atom. The fraction of sp³-hybridized carbons (Fsp3) is 0.857. The Balaban J connectivity index is 2.22. The van der Waals surface area contributed by atoms with Gasteiger partial charge in [-0.2, -0.15) is 0 Å². The molecule has 2 nitrogen and oxygen atoms in total. The molecule has 0 atom stereocenters. The molecular formula is C7H11BrO2. The normalized spacial score (nSPS) is 20.2. The number of ether oxygens (including phenoxy) is 1. The maximum atomic E-state index is 11.0. The number of esters is 1. The summed E-state index contributed by atoms with van der Waals surface area (Å²) in [5, 5.41) is 0.731. The van der Waals surface area contributed by atoms with Crippen molar-refractivity contribution in [1.29, 1.82) is 0 Å². The molecule has 0 aromatic rings. The second-order valence-electron chi connectivity index (χ2n) is 2.89. The van der Waals surface area contributed by atoms with Gasteiger partial charge in [-0.1, -0.05) is 15.9 Å². The molecule has 1 rings (SSSR count). The van der Waals surface area contributed by atoms with Crippen molar-refractivity contribution < 1.29 is 9.53 Å². The fourth-order valence-corrected chi connectivity index (χ4v) is 0.859. The third kappa shape index (κ3) is 1.72. The van der Waals surface area contributed by atoms with E-state index < -0.39 is 0 Å². The second kappa shape index (κ2) is 2.91. The molecule has 0 aromatic heterocycles. The molecule has 0 aliphatic heterocycles. The summed E-state index contributed by atoms with van der Waals surface area (Å²) in [6.45, 7) is 2.44. The number of alkyl halides is 1. The number of halogens is 1. The van der Waals surface area contributed by atoms with Gasteiger partial charge in [0.1, 0.15) is 6.61 Å². The molecule has 0 saturated heterocycles. The van der Waals surface area contributed by atoms with Crippen molar-refractivity contribution in [3.63, 3.8) is 0 Å². The van der Waals surface area contributed by atoms with Gasteiger partial charge in [0.15, 0.2) is 0 Å². The van der Waals surface area contributed by atoms with Gasteiger partial charge in [0, 0.05) is 5.33 Å². The highest BCUT2D eigenvalue weighted by Gasteiger charge is 2.46. The zero-order valence-electron chi connectivity index (χ0n) is 6.02. The molecule has 0 unspecified atom stereocenters. The van der Waals surface area contributed by atoms with Crippen molar-refractivity contribution in [1.82, 2.24) is 0 Å². The lowest BCUT2D eigenvalue weighted by Crippen LogP contribution is -2.16. The van der Waals surface area contributed by atoms with Crippen LogP contribution < -0.4 is 0 Å². The predicted octanol–water partition coefficient (Wildman–Crippen LogP) is 1.72. The number of carbonyl (C=O) groups excluding carboxylic acids is 1. The summed E-state index contributed by atoms with van der Waals surface area (Å²) in [6.07, 6.45) is 1.99. The van der Waals surface area contributed by atoms with Gasteiger partial charge in [-0.05, 0) is 19.8 Å². The number of carbonyl (C=O) groups is 1. The molecule has 0 spiro atoms. The van der Waals surface area contributed by atoms with Crippen LogP contribution in [0, 0.1) is 5.41 Å². The molecule has 0 heterocycles. The Hall–Kier alpha value is -0.0500. The summed E-state index contributed by atoms with van der Waals surface area (Å²) in [7, 11) is 0. The molecule has 3 heteroatoms. The maximum absolute atomic E-state index is 11.0. The summed E-state index contributed by atoms with van der Waals surface area (Å²) in [4.78, 5) is 11.0. The lowest BCUT2D eigenvalue weighted by molar-refractivity contribution is -0.148. The lowest BCUT2D eigenvalue weighted by atomic mass is 10.1. The van der Waals surface area contributed by atoms with Gasteiger partial charge in [0.05, 0.1) is 5.41 Å². The molecule has 0 amide bonds. The van der Waals surface area contributed by atoms with Gasteiger partial charge in [-0.25, -0.2) is 0 Å². The SMILES string of the molecule is CC1(C(=O)OCCBr)CC1. The minimum atomic E-state index is -0.123. The van der Waals surface area contributed by atoms with E-state index in [-0.39, 0.29) is 11.4 Å². The molecule has 1 aliphatic carbocycles. The first-order chi connectivity index (χ1) is 4.69. The van der Waals surface area contributed by atoms with Crippen LogP contribution in [-0.2, 0) is 9.53 Å². The minimum Gasteiger partial charge on any atom is -0.464 e. The molecule has 0 aromatic carbocycles. The van der Waals surface area contributed by atoms with E-state index in [0.29, 0.717) is 6.61 Å². The quantitative estimate of drug-likeness (QED) is 0.520. The van der Waals surface area contributed by atoms with Crippen molar-refractivity contribution >= 4 is 21.9 Å². The van der Waals surface area contributed by atoms with Gasteiger partial charge in [0.2, 0.25) is 0 Å². The summed E-state index contributed by atoms with van der Waals surface area (Å²) < 4.78 is 4.93. The molecule has 1 aliphatic rings. The molecular weight excluding hydrogens is 196 g/mol. The maximum Gasteiger partial charge on any atom is 0.311 e. The van der Waals surface area contributed by atoms with Gasteiger partial charge in [0.25, 0.3) is 0 Å². The zero-order chi connectivity index (χ0) is 7.61. The predicted molar refractivity (Wildman–Crippen MR) is 42.1 cm³/mol. The van der Waals surface area contributed by atoms with E-state index in [4.69, 9.17) is 4.74 Å². The van der Waals surface area contributed by atoms with Crippen molar-refractivity contribution in [2.45, 2.75) is 19.8 Å². The van der Waals surface area contributed by atoms with Gasteiger partial charge < -0.3 is 4.74 Å². The van der Waals surface area contributed by atoms with Crippen molar-refractivity contribution in [2.24, 2.45) is 5.41 Å². The first-order valence-electron chi connectivity index (χ1n) is 3.42. The minimum absolute atomic E-state index is 0.0352. The molecule has 10 heavy (non-hydrogen) atoms. The third-order valence-corrected chi connectivity index (χ3v) is 2.13. The van der Waals surface area contributed by atoms with Crippen LogP contribution in [0.1, 0.15) is 19.8 Å². The number of hydrogen-bond donors (Lipinski definition) is 0. The highest BCUT2D eigenvalue weighted by molar-refractivity contribution is 9.09. The molecule has 1 fully saturated rings. The first kappa shape index (κ1) is 8.05. The average molecular weight is 207 g/mol. The van der Waals surface area contributed by atoms with E-state index in [2.05, 4.69) is 15.9 Å². The van der Waals surface area contributed by atoms with Gasteiger partial charge in [-0.3, -0.25) is 4.79 Å². The first-order valence-corrected chi connectivity index (χ1v) is 4.54. The Morgan fingerprint density at radius 2 is 2.30 bits per heavy atom. The Morgan fingerprint density at radius 3 is 2.70 bits per heavy atom. The number of hydrogen-bond acceptors (Lipinski definition) is 2. The highest BCUT2D eigenvalue weighted by Crippen LogP contribution is 2.45. The Bertz CT molecular complexity index is 141. The van der Waals surface area contributed by atoms with Crippen LogP contribution in [0.5, 0.6) is 0 Å². The Labute approximate surface area is 69.1 Å². The molecule has 1 saturated carbocycles. The van der Waals surface area contributed by atoms with E-state index in [1.165, 1.54) is 0 Å². The highest BCUT2D eigenvalue weighted by atomic mass is 79.9. The summed E-state index contributed by atoms with van der Waals surface area (Å²) in [5.74, 6) is -0.0352. The Kier molecular flexibility index (Phi) is 2.34. The van der Waals surface area contributed by atoms with Crippen LogP contribution in [0.15, 0.2) is 0 Å². The van der Waals surface area contributed by atoms with Crippen LogP contribution >= 0.6 is 15.9 Å². The third-order valence-electron chi connectivity index (χ3n) is 1.80. The van der Waals surface area contributed by atoms with Crippen LogP contribution in [0.25, 0.3) is 0 Å². The second-order valence-corrected chi connectivity index (χ2v) is 3.68. The lowest BCUT2D eigenvalue weighted by Gasteiger charge is -2.06. The van der Waals surface area contributed by atoms with Gasteiger partial charge >= 0.3 is 5.97 Å². The average Bonchev–Trinajstić information content (AvgIpc) is 2.64. The van der Waals surface area contributed by atoms with Crippen LogP contribution in [0.2, 0.25) is 0 Å². The van der Waals surface area contributed by atoms with Crippen molar-refractivity contribution in [3.05, 3.63) is 0 Å². The van der Waals surface area contributed by atoms with Crippen molar-refractivity contribution in [2.75, 3.05) is 11.9 Å². The van der Waals surface area contributed by atoms with Crippen LogP contribution in [0.3, 0.4) is 0 Å². The van der Waals surface area contributed by atoms with Crippen molar-refractivity contribution in [3.8, 4) is 0 Å². The van der Waals surface area contributed by atoms with Gasteiger partial charge in [-0.15, -0.1) is 0 Å². The van der Waals surface area contributed by atoms with E-state index in [1.54, 1.807) is 0 Å². The van der Waals surface area contributed by atoms with Crippen LogP contribution in [-0.4, -0.2) is 17.9 Å². The summed E-state index contributed by atoms with van der Waals surface area (Å²) in [6, 6.07) is 0. The molecule has 0 radical (unpaired) electrons.